The maximum absolute atomic E-state index is 13.0. The first-order valence-electron chi connectivity index (χ1n) is 39.2. The highest BCUT2D eigenvalue weighted by molar-refractivity contribution is 14.1. The van der Waals surface area contributed by atoms with Crippen molar-refractivity contribution in [1.82, 2.24) is 42.4 Å². The number of carbonyl (C=O) groups is 16. The van der Waals surface area contributed by atoms with Crippen molar-refractivity contribution in [2.45, 2.75) is 286 Å². The Morgan fingerprint density at radius 2 is 0.634 bits per heavy atom. The van der Waals surface area contributed by atoms with E-state index in [-0.39, 0.29) is 21.7 Å². The Morgan fingerprint density at radius 3 is 0.885 bits per heavy atom. The van der Waals surface area contributed by atoms with Crippen LogP contribution in [0, 0.1) is 0 Å². The van der Waals surface area contributed by atoms with Crippen molar-refractivity contribution >= 4 is 140 Å². The molecule has 59 nitrogen and oxygen atoms in total. The molecule has 0 aromatic carbocycles. The molecule has 0 radical (unpaired) electrons. The number of carboxylic acid groups (broad SMARTS) is 6. The third-order valence-corrected chi connectivity index (χ3v) is 22.1. The Labute approximate surface area is 765 Å². The quantitative estimate of drug-likeness (QED) is 0.0118. The first kappa shape index (κ1) is 114. The summed E-state index contributed by atoms with van der Waals surface area (Å²) in [5.41, 5.74) is 7.92. The van der Waals surface area contributed by atoms with Gasteiger partial charge in [0.2, 0.25) is 35.4 Å². The lowest BCUT2D eigenvalue weighted by molar-refractivity contribution is -0.353. The summed E-state index contributed by atoms with van der Waals surface area (Å²) in [7, 11) is 0. The van der Waals surface area contributed by atoms with Crippen LogP contribution < -0.4 is 43.1 Å². The number of carboxylic acids is 6. The van der Waals surface area contributed by atoms with Gasteiger partial charge in [0.15, 0.2) is 0 Å². The summed E-state index contributed by atoms with van der Waals surface area (Å²) in [5, 5.41) is 249. The molecule has 7 saturated heterocycles. The lowest BCUT2D eigenvalue weighted by atomic mass is 9.87. The van der Waals surface area contributed by atoms with Crippen LogP contribution in [0.1, 0.15) is 92.9 Å². The summed E-state index contributed by atoms with van der Waals surface area (Å²) >= 11 is 3.47. The van der Waals surface area contributed by atoms with Crippen molar-refractivity contribution in [3.8, 4) is 0 Å². The van der Waals surface area contributed by atoms with Crippen LogP contribution in [-0.4, -0.2) is 454 Å². The van der Waals surface area contributed by atoms with E-state index in [9.17, 15) is 189 Å². The van der Waals surface area contributed by atoms with Gasteiger partial charge < -0.3 is 207 Å². The number of carbonyl (C=O) groups excluding carboxylic acids is 10. The molecule has 31 N–H and O–H groups in total. The first-order chi connectivity index (χ1) is 60.8. The van der Waals surface area contributed by atoms with E-state index in [1.54, 1.807) is 45.2 Å². The number of halogens is 2. The molecule has 7 fully saturated rings. The second-order valence-electron chi connectivity index (χ2n) is 30.7. The number of nitrogens with two attached hydrogens (primary N) is 1. The van der Waals surface area contributed by atoms with Gasteiger partial charge in [-0.3, -0.25) is 38.4 Å². The van der Waals surface area contributed by atoms with Gasteiger partial charge in [0.05, 0.1) is 122 Å². The number of nitrogens with one attached hydrogen (secondary N) is 7. The molecule has 0 saturated carbocycles. The van der Waals surface area contributed by atoms with E-state index >= 15 is 0 Å². The van der Waals surface area contributed by atoms with E-state index in [0.29, 0.717) is 5.06 Å². The van der Waals surface area contributed by atoms with Crippen LogP contribution in [0.5, 0.6) is 0 Å². The van der Waals surface area contributed by atoms with Crippen LogP contribution in [0.25, 0.3) is 0 Å². The van der Waals surface area contributed by atoms with E-state index in [0.717, 1.165) is 41.5 Å². The zero-order chi connectivity index (χ0) is 99.6. The van der Waals surface area contributed by atoms with Gasteiger partial charge >= 0.3 is 47.8 Å². The molecule has 7 heterocycles. The van der Waals surface area contributed by atoms with Crippen molar-refractivity contribution in [3.63, 3.8) is 0 Å². The molecule has 32 atom stereocenters. The molecule has 0 bridgehead atoms. The minimum Gasteiger partial charge on any atom is -0.477 e. The zero-order valence-corrected chi connectivity index (χ0v) is 74.2. The number of hydrogen-bond acceptors (Lipinski definition) is 46. The number of imide groups is 1. The normalized spacial score (nSPS) is 34.8. The van der Waals surface area contributed by atoms with Crippen molar-refractivity contribution in [1.29, 1.82) is 0 Å². The molecule has 8 amide bonds. The third kappa shape index (κ3) is 28.4. The van der Waals surface area contributed by atoms with Gasteiger partial charge in [-0.25, -0.2) is 38.4 Å². The van der Waals surface area contributed by atoms with Crippen molar-refractivity contribution < 1.29 is 246 Å². The molecule has 7 aliphatic heterocycles. The fourth-order valence-electron chi connectivity index (χ4n) is 14.9. The molecular weight excluding hydrogens is 2020 g/mol. The Hall–Kier alpha value is -7.94. The summed E-state index contributed by atoms with van der Waals surface area (Å²) < 4.78 is 55.1. The van der Waals surface area contributed by atoms with Crippen molar-refractivity contribution in [2.24, 2.45) is 5.73 Å². The average Bonchev–Trinajstić information content (AvgIpc) is 1.25. The number of aliphatic carboxylic acids is 6. The average molecular weight is 2130 g/mol. The van der Waals surface area contributed by atoms with E-state index in [2.05, 4.69) is 42.2 Å². The predicted molar refractivity (Wildman–Crippen MR) is 425 cm³/mol. The van der Waals surface area contributed by atoms with Gasteiger partial charge in [-0.1, -0.05) is 45.2 Å². The number of hydrogen-bond donors (Lipinski definition) is 30. The van der Waals surface area contributed by atoms with Crippen LogP contribution in [0.4, 0.5) is 0 Å². The number of aliphatic hydroxyl groups is 16. The summed E-state index contributed by atoms with van der Waals surface area (Å²) in [4.78, 5) is 201. The highest BCUT2D eigenvalue weighted by Gasteiger charge is 2.65. The van der Waals surface area contributed by atoms with E-state index in [1.165, 1.54) is 0 Å². The highest BCUT2D eigenvalue weighted by Crippen LogP contribution is 2.43. The smallest absolute Gasteiger partial charge is 0.364 e. The minimum absolute atomic E-state index is 0.120. The molecule has 0 aliphatic carbocycles. The summed E-state index contributed by atoms with van der Waals surface area (Å²) in [6, 6.07) is -9.76. The van der Waals surface area contributed by atoms with Crippen molar-refractivity contribution in [2.75, 3.05) is 48.4 Å². The van der Waals surface area contributed by atoms with Gasteiger partial charge in [-0.2, -0.15) is 5.48 Å². The fourth-order valence-corrected chi connectivity index (χ4v) is 15.2. The minimum atomic E-state index is -3.31. The summed E-state index contributed by atoms with van der Waals surface area (Å²) in [6.07, 6.45) is -48.8. The van der Waals surface area contributed by atoms with Crippen LogP contribution in [0.3, 0.4) is 0 Å². The number of rotatable bonds is 39. The second kappa shape index (κ2) is 48.5. The Balaban J connectivity index is 0.000000411. The highest BCUT2D eigenvalue weighted by atomic mass is 127. The van der Waals surface area contributed by atoms with Crippen LogP contribution in [-0.2, 0) is 134 Å². The lowest BCUT2D eigenvalue weighted by Gasteiger charge is -2.50. The van der Waals surface area contributed by atoms with E-state index in [4.69, 9.17) is 57.9 Å². The Morgan fingerprint density at radius 1 is 0.389 bits per heavy atom. The molecular formula is C70H107I2N9O50. The molecule has 0 aromatic heterocycles. The fraction of sp³-hybridized carbons (Fsp3) is 0.771. The van der Waals surface area contributed by atoms with E-state index in [1.807, 2.05) is 0 Å². The number of aliphatic hydroxyl groups excluding tert-OH is 14. The first-order valence-corrected chi connectivity index (χ1v) is 42.2. The van der Waals surface area contributed by atoms with Crippen LogP contribution in [0.15, 0.2) is 0 Å². The van der Waals surface area contributed by atoms with Crippen LogP contribution >= 0.6 is 45.2 Å². The number of amides is 8. The zero-order valence-electron chi connectivity index (χ0n) is 69.9. The molecule has 32 unspecified atom stereocenters. The van der Waals surface area contributed by atoms with Crippen molar-refractivity contribution in [3.05, 3.63) is 0 Å². The molecule has 0 aromatic rings. The van der Waals surface area contributed by atoms with Gasteiger partial charge in [0.1, 0.15) is 77.7 Å². The molecule has 61 heteroatoms. The maximum Gasteiger partial charge on any atom is 0.364 e. The molecule has 7 aliphatic rings. The Kier molecular flexibility index (Phi) is 42.0. The largest absolute Gasteiger partial charge is 0.477 e. The van der Waals surface area contributed by atoms with Crippen LogP contribution in [0.2, 0.25) is 0 Å². The lowest BCUT2D eigenvalue weighted by Crippen LogP contribution is -2.71. The van der Waals surface area contributed by atoms with Gasteiger partial charge in [-0.05, 0) is 0 Å². The topological polar surface area (TPSA) is 942 Å². The number of ether oxygens (including phenoxy) is 10. The molecule has 746 valence electrons. The standard InChI is InChI=1S/C33H51IN4O24.C31H50N4O22.C6H6INO4/c1-11(41)36-21-15(45)5-32(29(52)53,57-17(21)8-35-62-20(47)7-34)58-19(10-40)25(49)27-23(38-13(3)43)16(46)6-33(61-27,30(54)55)59-18(9-39)24(48)26-22(37-12(2)42)14(44)4-31(56,60-26)28(50)51;1-10(38)33-19-14(42)5-30(27(48)49,53-16(19)7-32)54-18(9-37)23(45)25-21(35-12(3)40)15(43)6-31(57-25,28(50)51)55-17(8-36)22(44)24-20(34-11(2)39)13(41)4-29(52,56-24)26(46)47;7-3-6(11)12-8-4(9)1-2-5(8)10/h14-19,21-27,35,39-40,44-46,48-49,56H,4-10H2,1-3H3,(H,36,41)(H,37,42)(H,38,43)(H,50,51)(H,52,53)(H,54,55);13-25,36-37,41-45,52H,4-9,32H2,1-3H3,(H,33,38)(H,34,39)(H,35,40)(H,46,47)(H,48,49)(H,50,51);1-3H2. The summed E-state index contributed by atoms with van der Waals surface area (Å²) in [5.74, 6) is -38.4. The molecule has 7 rings (SSSR count). The number of nitrogens with zero attached hydrogens (tertiary/aromatic N) is 1. The maximum atomic E-state index is 13.0. The van der Waals surface area contributed by atoms with Gasteiger partial charge in [-0.15, -0.1) is 5.06 Å². The summed E-state index contributed by atoms with van der Waals surface area (Å²) in [6.45, 7) is -0.623. The predicted octanol–water partition coefficient (Wildman–Crippen LogP) is -16.0. The Bertz CT molecular complexity index is 4040. The van der Waals surface area contributed by atoms with Gasteiger partial charge in [0, 0.05) is 99.5 Å². The molecule has 131 heavy (non-hydrogen) atoms. The SMILES string of the molecule is CC(=O)NC1C(O)CC(OC(CO)C(O)C2OC(OC(CO)C(O)C3OC(O)(C(=O)O)CC(O)C3NC(C)=O)(C(=O)O)CC(O)C2NC(C)=O)(C(=O)O)OC1CN.CC(=O)NC1C(O)CC(OC(CO)C(O)C2OC(OC(CO)C(O)C3OC(O)(C(=O)O)CC(O)C3NC(C)=O)(C(=O)O)CC(O)C2NC(C)=O)(C(=O)O)OC1CNOC(=O)CI.O=C(CI)ON1C(=O)CCC1=O. The monoisotopic (exact) mass is 2130 g/mol. The van der Waals surface area contributed by atoms with Gasteiger partial charge in [0.25, 0.3) is 46.5 Å². The van der Waals surface area contributed by atoms with E-state index < -0.39 is 366 Å². The second-order valence-corrected chi connectivity index (χ2v) is 32.3. The number of alkyl halides is 2. The number of hydroxylamine groups is 3. The molecule has 0 spiro atoms. The third-order valence-electron chi connectivity index (χ3n) is 20.9.